The second kappa shape index (κ2) is 9.10. The molecule has 0 aliphatic carbocycles. The van der Waals surface area contributed by atoms with E-state index in [9.17, 15) is 0 Å². The van der Waals surface area contributed by atoms with Gasteiger partial charge < -0.3 is 4.44 Å². The zero-order chi connectivity index (χ0) is 17.6. The SMILES string of the molecule is C=Cc1cc(Br)c(N(Pc2ccccc2)Pc2ccccc2)c(Br)c1. The number of anilines is 1. The number of hydrogen-bond donors (Lipinski definition) is 0. The summed E-state index contributed by atoms with van der Waals surface area (Å²) in [5.41, 5.74) is 2.27. The number of nitrogens with zero attached hydrogens (tertiary/aromatic N) is 1. The summed E-state index contributed by atoms with van der Waals surface area (Å²) in [6.07, 6.45) is 1.86. The van der Waals surface area contributed by atoms with Gasteiger partial charge in [0.2, 0.25) is 0 Å². The molecular formula is C20H17Br2NP2. The van der Waals surface area contributed by atoms with E-state index >= 15 is 0 Å². The summed E-state index contributed by atoms with van der Waals surface area (Å²) in [4.78, 5) is 0. The predicted octanol–water partition coefficient (Wildman–Crippen LogP) is 6.50. The third-order valence-electron chi connectivity index (χ3n) is 3.53. The third kappa shape index (κ3) is 5.02. The standard InChI is InChI=1S/C20H17Br2NP2/c1-2-15-13-18(21)20(19(22)14-15)23(24-16-9-5-3-6-10-16)25-17-11-7-4-8-12-17/h2-14,24-25H,1H2. The minimum absolute atomic E-state index is 0.549. The van der Waals surface area contributed by atoms with Crippen LogP contribution < -0.4 is 15.1 Å². The highest BCUT2D eigenvalue weighted by molar-refractivity contribution is 9.11. The summed E-state index contributed by atoms with van der Waals surface area (Å²) in [6.45, 7) is 3.87. The second-order valence-electron chi connectivity index (χ2n) is 5.33. The highest BCUT2D eigenvalue weighted by atomic mass is 79.9. The molecule has 0 saturated heterocycles. The summed E-state index contributed by atoms with van der Waals surface area (Å²) < 4.78 is 4.58. The molecule has 0 amide bonds. The lowest BCUT2D eigenvalue weighted by Gasteiger charge is -2.27. The van der Waals surface area contributed by atoms with Gasteiger partial charge in [-0.2, -0.15) is 0 Å². The molecule has 2 unspecified atom stereocenters. The maximum absolute atomic E-state index is 3.87. The van der Waals surface area contributed by atoms with Gasteiger partial charge in [-0.3, -0.25) is 0 Å². The lowest BCUT2D eigenvalue weighted by molar-refractivity contribution is 1.49. The van der Waals surface area contributed by atoms with E-state index in [4.69, 9.17) is 0 Å². The van der Waals surface area contributed by atoms with E-state index in [1.54, 1.807) is 0 Å². The van der Waals surface area contributed by atoms with E-state index in [0.29, 0.717) is 17.5 Å². The molecular weight excluding hydrogens is 476 g/mol. The van der Waals surface area contributed by atoms with Crippen LogP contribution in [0, 0.1) is 0 Å². The minimum atomic E-state index is 0.549. The topological polar surface area (TPSA) is 3.24 Å². The third-order valence-corrected chi connectivity index (χ3v) is 7.49. The van der Waals surface area contributed by atoms with Gasteiger partial charge in [0.05, 0.1) is 5.69 Å². The first-order valence-corrected chi connectivity index (χ1v) is 11.2. The van der Waals surface area contributed by atoms with Crippen molar-refractivity contribution in [1.29, 1.82) is 0 Å². The molecule has 0 aliphatic heterocycles. The summed E-state index contributed by atoms with van der Waals surface area (Å²) in [6, 6.07) is 25.5. The zero-order valence-electron chi connectivity index (χ0n) is 13.4. The Morgan fingerprint density at radius 3 is 1.60 bits per heavy atom. The van der Waals surface area contributed by atoms with Crippen molar-refractivity contribution in [3.8, 4) is 0 Å². The molecule has 0 bridgehead atoms. The van der Waals surface area contributed by atoms with Gasteiger partial charge in [-0.1, -0.05) is 73.3 Å². The van der Waals surface area contributed by atoms with Crippen LogP contribution in [0.2, 0.25) is 0 Å². The maximum Gasteiger partial charge on any atom is 0.0722 e. The highest BCUT2D eigenvalue weighted by Crippen LogP contribution is 2.46. The normalized spacial score (nSPS) is 11.4. The molecule has 0 radical (unpaired) electrons. The molecule has 0 fully saturated rings. The Kier molecular flexibility index (Phi) is 6.84. The molecule has 0 spiro atoms. The molecule has 0 saturated carbocycles. The fraction of sp³-hybridized carbons (Fsp3) is 0. The van der Waals surface area contributed by atoms with Crippen LogP contribution in [0.15, 0.2) is 88.3 Å². The first kappa shape index (κ1) is 18.8. The van der Waals surface area contributed by atoms with Crippen LogP contribution in [0.5, 0.6) is 0 Å². The fourth-order valence-corrected chi connectivity index (χ4v) is 7.47. The van der Waals surface area contributed by atoms with Crippen molar-refractivity contribution >= 4 is 71.7 Å². The molecule has 5 heteroatoms. The molecule has 2 atom stereocenters. The Bertz CT molecular complexity index is 790. The number of hydrogen-bond acceptors (Lipinski definition) is 1. The van der Waals surface area contributed by atoms with Crippen molar-refractivity contribution < 1.29 is 0 Å². The summed E-state index contributed by atoms with van der Waals surface area (Å²) in [7, 11) is 1.10. The Morgan fingerprint density at radius 2 is 1.20 bits per heavy atom. The Hall–Kier alpha value is -0.980. The van der Waals surface area contributed by atoms with Crippen molar-refractivity contribution in [3.05, 3.63) is 93.9 Å². The molecule has 1 nitrogen and oxygen atoms in total. The lowest BCUT2D eigenvalue weighted by Crippen LogP contribution is -2.12. The fourth-order valence-electron chi connectivity index (χ4n) is 2.34. The molecule has 126 valence electrons. The Labute approximate surface area is 169 Å². The van der Waals surface area contributed by atoms with Crippen LogP contribution in [-0.4, -0.2) is 0 Å². The van der Waals surface area contributed by atoms with E-state index in [1.807, 2.05) is 6.08 Å². The van der Waals surface area contributed by atoms with Crippen molar-refractivity contribution in [2.45, 2.75) is 0 Å². The molecule has 0 N–H and O–H groups in total. The minimum Gasteiger partial charge on any atom is -0.324 e. The van der Waals surface area contributed by atoms with Gasteiger partial charge in [-0.05, 0) is 60.2 Å². The van der Waals surface area contributed by atoms with Crippen LogP contribution in [-0.2, 0) is 0 Å². The summed E-state index contributed by atoms with van der Waals surface area (Å²) >= 11 is 7.51. The van der Waals surface area contributed by atoms with Crippen molar-refractivity contribution in [1.82, 2.24) is 0 Å². The number of rotatable bonds is 6. The van der Waals surface area contributed by atoms with Crippen molar-refractivity contribution in [2.75, 3.05) is 4.44 Å². The zero-order valence-corrected chi connectivity index (χ0v) is 18.6. The summed E-state index contributed by atoms with van der Waals surface area (Å²) in [5, 5.41) is 2.63. The van der Waals surface area contributed by atoms with Crippen LogP contribution in [0.3, 0.4) is 0 Å². The molecule has 3 rings (SSSR count). The predicted molar refractivity (Wildman–Crippen MR) is 123 cm³/mol. The van der Waals surface area contributed by atoms with Gasteiger partial charge in [-0.15, -0.1) is 0 Å². The van der Waals surface area contributed by atoms with E-state index in [2.05, 4.69) is 116 Å². The van der Waals surface area contributed by atoms with Crippen LogP contribution in [0.1, 0.15) is 5.56 Å². The van der Waals surface area contributed by atoms with Gasteiger partial charge in [0.1, 0.15) is 0 Å². The largest absolute Gasteiger partial charge is 0.324 e. The van der Waals surface area contributed by atoms with E-state index in [0.717, 1.165) is 14.5 Å². The Morgan fingerprint density at radius 1 is 0.760 bits per heavy atom. The van der Waals surface area contributed by atoms with E-state index in [1.165, 1.54) is 16.3 Å². The molecule has 0 aromatic heterocycles. The van der Waals surface area contributed by atoms with Gasteiger partial charge in [0.25, 0.3) is 0 Å². The molecule has 3 aromatic rings. The first-order valence-electron chi connectivity index (χ1n) is 7.72. The number of halogens is 2. The Balaban J connectivity index is 2.00. The molecule has 0 heterocycles. The maximum atomic E-state index is 3.87. The molecule has 25 heavy (non-hydrogen) atoms. The smallest absolute Gasteiger partial charge is 0.0722 e. The van der Waals surface area contributed by atoms with Crippen LogP contribution in [0.25, 0.3) is 6.08 Å². The van der Waals surface area contributed by atoms with E-state index < -0.39 is 0 Å². The average Bonchev–Trinajstić information content (AvgIpc) is 2.62. The van der Waals surface area contributed by atoms with Gasteiger partial charge >= 0.3 is 0 Å². The first-order chi connectivity index (χ1) is 12.2. The van der Waals surface area contributed by atoms with Crippen LogP contribution in [0.4, 0.5) is 5.69 Å². The van der Waals surface area contributed by atoms with Crippen molar-refractivity contribution in [2.24, 2.45) is 0 Å². The summed E-state index contributed by atoms with van der Waals surface area (Å²) in [5.74, 6) is 0. The quantitative estimate of drug-likeness (QED) is 0.355. The second-order valence-corrected chi connectivity index (χ2v) is 9.98. The van der Waals surface area contributed by atoms with Gasteiger partial charge in [0.15, 0.2) is 0 Å². The monoisotopic (exact) mass is 491 g/mol. The molecule has 0 aliphatic rings. The average molecular weight is 493 g/mol. The lowest BCUT2D eigenvalue weighted by atomic mass is 10.2. The molecule has 3 aromatic carbocycles. The highest BCUT2D eigenvalue weighted by Gasteiger charge is 2.16. The van der Waals surface area contributed by atoms with Gasteiger partial charge in [0, 0.05) is 26.4 Å². The number of benzene rings is 3. The van der Waals surface area contributed by atoms with Crippen molar-refractivity contribution in [3.63, 3.8) is 0 Å². The van der Waals surface area contributed by atoms with Gasteiger partial charge in [-0.25, -0.2) is 0 Å². The van der Waals surface area contributed by atoms with E-state index in [-0.39, 0.29) is 0 Å². The van der Waals surface area contributed by atoms with Crippen LogP contribution >= 0.6 is 49.3 Å².